The van der Waals surface area contributed by atoms with Crippen molar-refractivity contribution in [2.45, 2.75) is 64.7 Å². The number of carbonyl (C=O) groups excluding carboxylic acids is 1. The summed E-state index contributed by atoms with van der Waals surface area (Å²) in [6.45, 7) is 9.81. The van der Waals surface area contributed by atoms with Gasteiger partial charge in [-0.25, -0.2) is 0 Å². The zero-order valence-corrected chi connectivity index (χ0v) is 22.9. The smallest absolute Gasteiger partial charge is 0.308 e. The number of carboxylic acid groups (broad SMARTS) is 1. The van der Waals surface area contributed by atoms with Crippen LogP contribution in [0, 0.1) is 11.3 Å². The van der Waals surface area contributed by atoms with Crippen LogP contribution in [0.3, 0.4) is 0 Å². The lowest BCUT2D eigenvalue weighted by atomic mass is 9.77. The van der Waals surface area contributed by atoms with Crippen molar-refractivity contribution in [3.63, 3.8) is 0 Å². The third-order valence-electron chi connectivity index (χ3n) is 7.96. The Hall–Kier alpha value is -2.40. The molecular weight excluding hydrogens is 490 g/mol. The third-order valence-corrected chi connectivity index (χ3v) is 7.96. The van der Waals surface area contributed by atoms with Crippen molar-refractivity contribution in [2.24, 2.45) is 17.1 Å². The first-order chi connectivity index (χ1) is 18.2. The minimum absolute atomic E-state index is 0.0125. The molecule has 1 aromatic rings. The lowest BCUT2D eigenvalue weighted by Crippen LogP contribution is -2.47. The van der Waals surface area contributed by atoms with E-state index in [2.05, 4.69) is 11.8 Å². The van der Waals surface area contributed by atoms with E-state index in [9.17, 15) is 14.7 Å². The van der Waals surface area contributed by atoms with E-state index in [4.69, 9.17) is 24.7 Å². The number of hydrogen-bond donors (Lipinski definition) is 2. The highest BCUT2D eigenvalue weighted by Crippen LogP contribution is 2.46. The van der Waals surface area contributed by atoms with Crippen LogP contribution in [0.15, 0.2) is 18.2 Å². The van der Waals surface area contributed by atoms with Crippen LogP contribution in [-0.4, -0.2) is 91.8 Å². The van der Waals surface area contributed by atoms with Gasteiger partial charge in [-0.3, -0.25) is 14.5 Å². The van der Waals surface area contributed by atoms with Gasteiger partial charge in [-0.2, -0.15) is 0 Å². The largest absolute Gasteiger partial charge is 0.481 e. The molecule has 3 unspecified atom stereocenters. The second-order valence-electron chi connectivity index (χ2n) is 11.2. The summed E-state index contributed by atoms with van der Waals surface area (Å²) in [6.07, 6.45) is 2.74. The highest BCUT2D eigenvalue weighted by molar-refractivity contribution is 5.79. The van der Waals surface area contributed by atoms with E-state index in [0.29, 0.717) is 57.3 Å². The number of nitrogens with zero attached hydrogens (tertiary/aromatic N) is 2. The number of likely N-dealkylation sites (tertiary alicyclic amines) is 1. The molecule has 1 amide bonds. The Balaban J connectivity index is 1.62. The van der Waals surface area contributed by atoms with Crippen LogP contribution in [0.4, 0.5) is 0 Å². The van der Waals surface area contributed by atoms with Crippen LogP contribution in [0.2, 0.25) is 0 Å². The molecule has 2 saturated heterocycles. The SMILES string of the molecule is CCCCN(CCCN)C(=O)CN1CC(c2ccc3c(c2)OCO3)C(C(=O)O)C1CC(C)(C)C1OCCO1. The molecule has 0 aliphatic carbocycles. The molecule has 0 aromatic heterocycles. The van der Waals surface area contributed by atoms with Crippen molar-refractivity contribution < 1.29 is 33.6 Å². The van der Waals surface area contributed by atoms with Gasteiger partial charge in [0.2, 0.25) is 12.7 Å². The molecule has 0 radical (unpaired) electrons. The quantitative estimate of drug-likeness (QED) is 0.394. The van der Waals surface area contributed by atoms with Gasteiger partial charge < -0.3 is 34.7 Å². The molecule has 2 fully saturated rings. The van der Waals surface area contributed by atoms with E-state index in [1.165, 1.54) is 0 Å². The average Bonchev–Trinajstić information content (AvgIpc) is 3.64. The molecule has 38 heavy (non-hydrogen) atoms. The van der Waals surface area contributed by atoms with Crippen LogP contribution in [-0.2, 0) is 19.1 Å². The lowest BCUT2D eigenvalue weighted by molar-refractivity contribution is -0.148. The monoisotopic (exact) mass is 533 g/mol. The molecule has 3 aliphatic rings. The molecular formula is C28H43N3O7. The topological polar surface area (TPSA) is 124 Å². The normalized spacial score (nSPS) is 23.7. The van der Waals surface area contributed by atoms with Gasteiger partial charge in [0.05, 0.1) is 25.7 Å². The average molecular weight is 534 g/mol. The van der Waals surface area contributed by atoms with Gasteiger partial charge in [0.15, 0.2) is 17.8 Å². The van der Waals surface area contributed by atoms with Crippen molar-refractivity contribution in [3.8, 4) is 11.5 Å². The second-order valence-corrected chi connectivity index (χ2v) is 11.2. The molecule has 10 heteroatoms. The summed E-state index contributed by atoms with van der Waals surface area (Å²) in [6, 6.07) is 5.26. The molecule has 3 aliphatic heterocycles. The number of ether oxygens (including phenoxy) is 4. The molecule has 1 aromatic carbocycles. The number of fused-ring (bicyclic) bond motifs is 1. The van der Waals surface area contributed by atoms with Gasteiger partial charge in [0.1, 0.15) is 0 Å². The van der Waals surface area contributed by atoms with Crippen LogP contribution in [0.5, 0.6) is 11.5 Å². The number of benzene rings is 1. The molecule has 3 heterocycles. The summed E-state index contributed by atoms with van der Waals surface area (Å²) in [7, 11) is 0. The Morgan fingerprint density at radius 1 is 1.13 bits per heavy atom. The van der Waals surface area contributed by atoms with Crippen molar-refractivity contribution in [1.82, 2.24) is 9.80 Å². The Morgan fingerprint density at radius 3 is 2.53 bits per heavy atom. The second kappa shape index (κ2) is 12.6. The summed E-state index contributed by atoms with van der Waals surface area (Å²) in [5.41, 5.74) is 6.17. The van der Waals surface area contributed by atoms with Gasteiger partial charge in [0, 0.05) is 37.0 Å². The maximum absolute atomic E-state index is 13.6. The van der Waals surface area contributed by atoms with Gasteiger partial charge in [-0.15, -0.1) is 0 Å². The van der Waals surface area contributed by atoms with Crippen molar-refractivity contribution in [1.29, 1.82) is 0 Å². The Bertz CT molecular complexity index is 958. The minimum Gasteiger partial charge on any atom is -0.481 e. The van der Waals surface area contributed by atoms with E-state index in [0.717, 1.165) is 24.8 Å². The van der Waals surface area contributed by atoms with E-state index in [-0.39, 0.29) is 31.2 Å². The number of nitrogens with two attached hydrogens (primary N) is 1. The molecule has 0 bridgehead atoms. The van der Waals surface area contributed by atoms with Crippen LogP contribution in [0.25, 0.3) is 0 Å². The van der Waals surface area contributed by atoms with Gasteiger partial charge in [-0.05, 0) is 43.5 Å². The molecule has 3 atom stereocenters. The number of rotatable bonds is 13. The molecule has 0 spiro atoms. The summed E-state index contributed by atoms with van der Waals surface area (Å²) in [5, 5.41) is 10.5. The predicted molar refractivity (Wildman–Crippen MR) is 141 cm³/mol. The van der Waals surface area contributed by atoms with E-state index in [1.54, 1.807) is 0 Å². The number of amides is 1. The van der Waals surface area contributed by atoms with Gasteiger partial charge in [-0.1, -0.05) is 33.3 Å². The van der Waals surface area contributed by atoms with Gasteiger partial charge >= 0.3 is 5.97 Å². The molecule has 3 N–H and O–H groups in total. The highest BCUT2D eigenvalue weighted by atomic mass is 16.7. The maximum atomic E-state index is 13.6. The standard InChI is InChI=1S/C28H43N3O7/c1-4-5-10-30(11-6-9-29)24(32)17-31-16-20(19-7-8-22-23(14-19)38-18-37-22)25(26(33)34)21(31)15-28(2,3)27-35-12-13-36-27/h7-8,14,20-21,25,27H,4-6,9-13,15-18,29H2,1-3H3,(H,33,34). The summed E-state index contributed by atoms with van der Waals surface area (Å²) < 4.78 is 22.7. The Kier molecular flexibility index (Phi) is 9.51. The minimum atomic E-state index is -0.873. The third kappa shape index (κ3) is 6.42. The van der Waals surface area contributed by atoms with Crippen LogP contribution >= 0.6 is 0 Å². The highest BCUT2D eigenvalue weighted by Gasteiger charge is 2.50. The van der Waals surface area contributed by atoms with Crippen LogP contribution < -0.4 is 15.2 Å². The fourth-order valence-corrected chi connectivity index (χ4v) is 5.94. The summed E-state index contributed by atoms with van der Waals surface area (Å²) in [5.74, 6) is -0.601. The Labute approximate surface area is 225 Å². The lowest BCUT2D eigenvalue weighted by Gasteiger charge is -2.37. The Morgan fingerprint density at radius 2 is 1.84 bits per heavy atom. The van der Waals surface area contributed by atoms with Crippen molar-refractivity contribution in [3.05, 3.63) is 23.8 Å². The van der Waals surface area contributed by atoms with Crippen molar-refractivity contribution >= 4 is 11.9 Å². The zero-order chi connectivity index (χ0) is 27.3. The zero-order valence-electron chi connectivity index (χ0n) is 22.9. The molecule has 10 nitrogen and oxygen atoms in total. The van der Waals surface area contributed by atoms with E-state index >= 15 is 0 Å². The predicted octanol–water partition coefficient (Wildman–Crippen LogP) is 2.65. The first kappa shape index (κ1) is 28.6. The number of hydrogen-bond acceptors (Lipinski definition) is 8. The molecule has 4 rings (SSSR count). The summed E-state index contributed by atoms with van der Waals surface area (Å²) in [4.78, 5) is 30.3. The van der Waals surface area contributed by atoms with Crippen molar-refractivity contribution in [2.75, 3.05) is 52.7 Å². The van der Waals surface area contributed by atoms with Gasteiger partial charge in [0.25, 0.3) is 0 Å². The molecule has 212 valence electrons. The van der Waals surface area contributed by atoms with E-state index < -0.39 is 23.6 Å². The summed E-state index contributed by atoms with van der Waals surface area (Å²) >= 11 is 0. The first-order valence-electron chi connectivity index (χ1n) is 13.8. The number of aliphatic carboxylic acids is 1. The number of unbranched alkanes of at least 4 members (excludes halogenated alkanes) is 1. The fourth-order valence-electron chi connectivity index (χ4n) is 5.94. The maximum Gasteiger partial charge on any atom is 0.308 e. The van der Waals surface area contributed by atoms with E-state index in [1.807, 2.05) is 36.9 Å². The first-order valence-corrected chi connectivity index (χ1v) is 13.8. The molecule has 0 saturated carbocycles. The fraction of sp³-hybridized carbons (Fsp3) is 0.714. The number of carbonyl (C=O) groups is 2. The number of carboxylic acids is 1. The van der Waals surface area contributed by atoms with Crippen LogP contribution in [0.1, 0.15) is 57.9 Å².